The molecule has 21 heavy (non-hydrogen) atoms. The van der Waals surface area contributed by atoms with Crippen LogP contribution in [0.2, 0.25) is 0 Å². The number of nitrogens with two attached hydrogens (primary N) is 1. The molecule has 0 spiro atoms. The van der Waals surface area contributed by atoms with E-state index in [-0.39, 0.29) is 5.91 Å². The second-order valence-electron chi connectivity index (χ2n) is 5.42. The third-order valence-electron chi connectivity index (χ3n) is 3.83. The standard InChI is InChI=1S/C15H18N4O2/c1-2-12(20)17-11-6-3-5-10(9-11)13-18-14(19-21-13)15(16)7-4-8-15/h3,5-6,9H,2,4,7-8,16H2,1H3,(H,17,20). The van der Waals surface area contributed by atoms with E-state index in [4.69, 9.17) is 10.3 Å². The summed E-state index contributed by atoms with van der Waals surface area (Å²) < 4.78 is 5.31. The Hall–Kier alpha value is -2.21. The maximum atomic E-state index is 11.4. The van der Waals surface area contributed by atoms with Gasteiger partial charge in [0.15, 0.2) is 5.82 Å². The minimum absolute atomic E-state index is 0.0336. The van der Waals surface area contributed by atoms with Crippen molar-refractivity contribution in [1.29, 1.82) is 0 Å². The summed E-state index contributed by atoms with van der Waals surface area (Å²) in [6.45, 7) is 1.81. The van der Waals surface area contributed by atoms with Gasteiger partial charge in [-0.3, -0.25) is 4.79 Å². The van der Waals surface area contributed by atoms with Gasteiger partial charge in [-0.2, -0.15) is 4.98 Å². The van der Waals surface area contributed by atoms with Crippen LogP contribution in [-0.4, -0.2) is 16.0 Å². The summed E-state index contributed by atoms with van der Waals surface area (Å²) in [5.74, 6) is 0.954. The Labute approximate surface area is 122 Å². The van der Waals surface area contributed by atoms with Crippen LogP contribution in [0.15, 0.2) is 28.8 Å². The van der Waals surface area contributed by atoms with Crippen LogP contribution in [0.25, 0.3) is 11.5 Å². The van der Waals surface area contributed by atoms with Gasteiger partial charge >= 0.3 is 0 Å². The molecule has 3 rings (SSSR count). The molecule has 6 nitrogen and oxygen atoms in total. The van der Waals surface area contributed by atoms with Crippen LogP contribution >= 0.6 is 0 Å². The normalized spacial score (nSPS) is 16.3. The molecule has 1 aromatic heterocycles. The minimum atomic E-state index is -0.435. The molecule has 3 N–H and O–H groups in total. The van der Waals surface area contributed by atoms with Gasteiger partial charge in [0.05, 0.1) is 5.54 Å². The Morgan fingerprint density at radius 2 is 2.29 bits per heavy atom. The average molecular weight is 286 g/mol. The maximum Gasteiger partial charge on any atom is 0.258 e. The Morgan fingerprint density at radius 1 is 1.48 bits per heavy atom. The third-order valence-corrected chi connectivity index (χ3v) is 3.83. The SMILES string of the molecule is CCC(=O)Nc1cccc(-c2nc(C3(N)CCC3)no2)c1. The molecule has 0 radical (unpaired) electrons. The number of nitrogens with zero attached hydrogens (tertiary/aromatic N) is 2. The molecule has 2 aromatic rings. The van der Waals surface area contributed by atoms with Crippen LogP contribution in [0.1, 0.15) is 38.4 Å². The van der Waals surface area contributed by atoms with Crippen LogP contribution in [0, 0.1) is 0 Å². The third kappa shape index (κ3) is 2.67. The first-order valence-electron chi connectivity index (χ1n) is 7.14. The topological polar surface area (TPSA) is 94.0 Å². The largest absolute Gasteiger partial charge is 0.334 e. The number of benzene rings is 1. The van der Waals surface area contributed by atoms with E-state index in [1.165, 1.54) is 0 Å². The van der Waals surface area contributed by atoms with E-state index in [0.29, 0.717) is 23.8 Å². The van der Waals surface area contributed by atoms with Crippen molar-refractivity contribution in [3.05, 3.63) is 30.1 Å². The van der Waals surface area contributed by atoms with Gasteiger partial charge < -0.3 is 15.6 Å². The van der Waals surface area contributed by atoms with E-state index < -0.39 is 5.54 Å². The van der Waals surface area contributed by atoms with Crippen LogP contribution in [0.4, 0.5) is 5.69 Å². The summed E-state index contributed by atoms with van der Waals surface area (Å²) in [6, 6.07) is 7.34. The Bertz CT molecular complexity index is 661. The number of carbonyl (C=O) groups is 1. The quantitative estimate of drug-likeness (QED) is 0.900. The van der Waals surface area contributed by atoms with E-state index in [0.717, 1.165) is 24.8 Å². The summed E-state index contributed by atoms with van der Waals surface area (Å²) >= 11 is 0. The molecule has 0 saturated heterocycles. The Morgan fingerprint density at radius 3 is 2.95 bits per heavy atom. The predicted octanol–water partition coefficient (Wildman–Crippen LogP) is 2.42. The van der Waals surface area contributed by atoms with Crippen molar-refractivity contribution in [1.82, 2.24) is 10.1 Å². The van der Waals surface area contributed by atoms with E-state index >= 15 is 0 Å². The number of aromatic nitrogens is 2. The molecule has 0 aliphatic heterocycles. The first-order valence-corrected chi connectivity index (χ1v) is 7.14. The van der Waals surface area contributed by atoms with Gasteiger partial charge in [-0.15, -0.1) is 0 Å². The number of hydrogen-bond acceptors (Lipinski definition) is 5. The highest BCUT2D eigenvalue weighted by Gasteiger charge is 2.39. The molecule has 0 unspecified atom stereocenters. The maximum absolute atomic E-state index is 11.4. The molecule has 1 fully saturated rings. The molecule has 0 bridgehead atoms. The minimum Gasteiger partial charge on any atom is -0.334 e. The van der Waals surface area contributed by atoms with E-state index in [2.05, 4.69) is 15.5 Å². The van der Waals surface area contributed by atoms with Gasteiger partial charge in [-0.05, 0) is 37.5 Å². The van der Waals surface area contributed by atoms with Gasteiger partial charge in [-0.1, -0.05) is 18.1 Å². The fraction of sp³-hybridized carbons (Fsp3) is 0.400. The molecule has 1 aliphatic rings. The number of nitrogens with one attached hydrogen (secondary N) is 1. The van der Waals surface area contributed by atoms with Crippen LogP contribution in [0.5, 0.6) is 0 Å². The summed E-state index contributed by atoms with van der Waals surface area (Å²) in [5, 5.41) is 6.80. The highest BCUT2D eigenvalue weighted by Crippen LogP contribution is 2.37. The number of carbonyl (C=O) groups excluding carboxylic acids is 1. The number of amides is 1. The zero-order valence-corrected chi connectivity index (χ0v) is 11.9. The molecule has 1 heterocycles. The van der Waals surface area contributed by atoms with Crippen LogP contribution in [0.3, 0.4) is 0 Å². The van der Waals surface area contributed by atoms with Crippen molar-refractivity contribution in [2.45, 2.75) is 38.1 Å². The molecular weight excluding hydrogens is 268 g/mol. The predicted molar refractivity (Wildman–Crippen MR) is 78.4 cm³/mol. The summed E-state index contributed by atoms with van der Waals surface area (Å²) in [6.07, 6.45) is 3.31. The van der Waals surface area contributed by atoms with E-state index in [9.17, 15) is 4.79 Å². The Kier molecular flexibility index (Phi) is 3.47. The first-order chi connectivity index (χ1) is 10.1. The molecule has 1 amide bonds. The molecule has 0 atom stereocenters. The fourth-order valence-electron chi connectivity index (χ4n) is 2.30. The highest BCUT2D eigenvalue weighted by atomic mass is 16.5. The van der Waals surface area contributed by atoms with Gasteiger partial charge in [0.25, 0.3) is 5.89 Å². The molecule has 1 aliphatic carbocycles. The zero-order chi connectivity index (χ0) is 14.9. The lowest BCUT2D eigenvalue weighted by molar-refractivity contribution is -0.115. The number of hydrogen-bond donors (Lipinski definition) is 2. The van der Waals surface area contributed by atoms with Crippen LogP contribution in [-0.2, 0) is 10.3 Å². The van der Waals surface area contributed by atoms with Crippen LogP contribution < -0.4 is 11.1 Å². The summed E-state index contributed by atoms with van der Waals surface area (Å²) in [5.41, 5.74) is 7.23. The number of rotatable bonds is 4. The average Bonchev–Trinajstić information content (AvgIpc) is 2.95. The van der Waals surface area contributed by atoms with Crippen molar-refractivity contribution >= 4 is 11.6 Å². The van der Waals surface area contributed by atoms with Crippen molar-refractivity contribution in [3.63, 3.8) is 0 Å². The van der Waals surface area contributed by atoms with E-state index in [1.54, 1.807) is 0 Å². The van der Waals surface area contributed by atoms with E-state index in [1.807, 2.05) is 31.2 Å². The number of anilines is 1. The monoisotopic (exact) mass is 286 g/mol. The molecular formula is C15H18N4O2. The molecule has 6 heteroatoms. The lowest BCUT2D eigenvalue weighted by atomic mass is 9.77. The second kappa shape index (κ2) is 5.29. The van der Waals surface area contributed by atoms with Gasteiger partial charge in [0.2, 0.25) is 5.91 Å². The van der Waals surface area contributed by atoms with Crippen molar-refractivity contribution in [2.75, 3.05) is 5.32 Å². The van der Waals surface area contributed by atoms with Crippen molar-refractivity contribution in [3.8, 4) is 11.5 Å². The van der Waals surface area contributed by atoms with Gasteiger partial charge in [-0.25, -0.2) is 0 Å². The van der Waals surface area contributed by atoms with Gasteiger partial charge in [0, 0.05) is 17.7 Å². The second-order valence-corrected chi connectivity index (χ2v) is 5.42. The zero-order valence-electron chi connectivity index (χ0n) is 11.9. The lowest BCUT2D eigenvalue weighted by Crippen LogP contribution is -2.44. The summed E-state index contributed by atoms with van der Waals surface area (Å²) in [4.78, 5) is 15.8. The molecule has 1 aromatic carbocycles. The lowest BCUT2D eigenvalue weighted by Gasteiger charge is -2.34. The smallest absolute Gasteiger partial charge is 0.258 e. The van der Waals surface area contributed by atoms with Gasteiger partial charge in [0.1, 0.15) is 0 Å². The fourth-order valence-corrected chi connectivity index (χ4v) is 2.30. The highest BCUT2D eigenvalue weighted by molar-refractivity contribution is 5.91. The molecule has 110 valence electrons. The first kappa shape index (κ1) is 13.8. The molecule has 1 saturated carbocycles. The van der Waals surface area contributed by atoms with Crippen molar-refractivity contribution < 1.29 is 9.32 Å². The van der Waals surface area contributed by atoms with Crippen molar-refractivity contribution in [2.24, 2.45) is 5.73 Å². The Balaban J connectivity index is 1.83. The summed E-state index contributed by atoms with van der Waals surface area (Å²) in [7, 11) is 0.